The lowest BCUT2D eigenvalue weighted by atomic mass is 10.2. The van der Waals surface area contributed by atoms with Crippen LogP contribution in [-0.4, -0.2) is 38.8 Å². The first-order valence-corrected chi connectivity index (χ1v) is 13.6. The van der Waals surface area contributed by atoms with E-state index in [1.54, 1.807) is 36.4 Å². The summed E-state index contributed by atoms with van der Waals surface area (Å²) in [4.78, 5) is 12.9. The molecule has 4 aromatic rings. The van der Waals surface area contributed by atoms with Crippen molar-refractivity contribution in [1.29, 1.82) is 0 Å². The minimum Gasteiger partial charge on any atom is -0.495 e. The number of methoxy groups -OCH3 is 1. The van der Waals surface area contributed by atoms with Gasteiger partial charge in [0.05, 0.1) is 23.9 Å². The van der Waals surface area contributed by atoms with Crippen molar-refractivity contribution in [3.63, 3.8) is 0 Å². The topological polar surface area (TPSA) is 93.0 Å². The third kappa shape index (κ3) is 6.13. The van der Waals surface area contributed by atoms with Crippen LogP contribution in [0.15, 0.2) is 88.9 Å². The zero-order valence-electron chi connectivity index (χ0n) is 21.4. The van der Waals surface area contributed by atoms with Gasteiger partial charge in [-0.3, -0.25) is 9.10 Å². The van der Waals surface area contributed by atoms with Gasteiger partial charge in [0, 0.05) is 27.7 Å². The number of nitrogens with one attached hydrogen (secondary N) is 1. The largest absolute Gasteiger partial charge is 0.495 e. The lowest BCUT2D eigenvalue weighted by Crippen LogP contribution is -2.39. The Morgan fingerprint density at radius 3 is 2.44 bits per heavy atom. The first-order chi connectivity index (χ1) is 18.6. The first kappa shape index (κ1) is 27.9. The van der Waals surface area contributed by atoms with Crippen molar-refractivity contribution in [3.05, 3.63) is 107 Å². The van der Waals surface area contributed by atoms with E-state index < -0.39 is 22.5 Å². The number of anilines is 1. The molecule has 0 aliphatic rings. The maximum atomic E-state index is 13.6. The van der Waals surface area contributed by atoms with Crippen LogP contribution in [0.3, 0.4) is 0 Å². The summed E-state index contributed by atoms with van der Waals surface area (Å²) in [6.07, 6.45) is 1.47. The van der Waals surface area contributed by atoms with Crippen molar-refractivity contribution in [3.8, 4) is 11.4 Å². The molecule has 0 bridgehead atoms. The van der Waals surface area contributed by atoms with E-state index in [0.29, 0.717) is 0 Å². The maximum Gasteiger partial charge on any atom is 0.264 e. The standard InChI is InChI=1S/C28H26ClFN4O4S/c1-19-15-21(20(2)34(19)24-12-10-23(30)11-13-24)17-31-32-28(35)18-33(26-16-22(29)9-14-27(26)38-3)39(36,37)25-7-5-4-6-8-25/h4-17H,18H2,1-3H3,(H,32,35)/b31-17+. The van der Waals surface area contributed by atoms with E-state index in [9.17, 15) is 17.6 Å². The number of aromatic nitrogens is 1. The number of hydrazone groups is 1. The van der Waals surface area contributed by atoms with Gasteiger partial charge in [-0.2, -0.15) is 5.10 Å². The number of hydrogen-bond donors (Lipinski definition) is 1. The number of hydrogen-bond acceptors (Lipinski definition) is 5. The number of rotatable bonds is 9. The second kappa shape index (κ2) is 11.7. The minimum atomic E-state index is -4.17. The lowest BCUT2D eigenvalue weighted by Gasteiger charge is -2.25. The van der Waals surface area contributed by atoms with Crippen LogP contribution in [0.4, 0.5) is 10.1 Å². The number of halogens is 2. The summed E-state index contributed by atoms with van der Waals surface area (Å²) >= 11 is 6.16. The average Bonchev–Trinajstić information content (AvgIpc) is 3.20. The second-order valence-electron chi connectivity index (χ2n) is 8.57. The smallest absolute Gasteiger partial charge is 0.264 e. The molecule has 0 spiro atoms. The molecule has 0 unspecified atom stereocenters. The Bertz CT molecular complexity index is 1620. The molecule has 0 aliphatic carbocycles. The normalized spacial score (nSPS) is 11.5. The first-order valence-electron chi connectivity index (χ1n) is 11.8. The van der Waals surface area contributed by atoms with E-state index in [-0.39, 0.29) is 27.2 Å². The Morgan fingerprint density at radius 2 is 1.77 bits per heavy atom. The monoisotopic (exact) mass is 568 g/mol. The van der Waals surface area contributed by atoms with E-state index in [1.807, 2.05) is 24.5 Å². The molecular formula is C28H26ClFN4O4S. The highest BCUT2D eigenvalue weighted by molar-refractivity contribution is 7.92. The molecule has 0 aliphatic heterocycles. The van der Waals surface area contributed by atoms with Gasteiger partial charge in [0.15, 0.2) is 0 Å². The summed E-state index contributed by atoms with van der Waals surface area (Å²) in [5.74, 6) is -0.784. The molecule has 1 amide bonds. The fraction of sp³-hybridized carbons (Fsp3) is 0.143. The van der Waals surface area contributed by atoms with E-state index in [1.165, 1.54) is 49.7 Å². The number of sulfonamides is 1. The molecule has 0 radical (unpaired) electrons. The molecule has 8 nitrogen and oxygen atoms in total. The van der Waals surface area contributed by atoms with E-state index in [2.05, 4.69) is 10.5 Å². The zero-order valence-corrected chi connectivity index (χ0v) is 23.0. The van der Waals surface area contributed by atoms with Crippen molar-refractivity contribution < 1.29 is 22.3 Å². The van der Waals surface area contributed by atoms with E-state index in [4.69, 9.17) is 16.3 Å². The highest BCUT2D eigenvalue weighted by Gasteiger charge is 2.29. The quantitative estimate of drug-likeness (QED) is 0.221. The number of carbonyl (C=O) groups excluding carboxylic acids is 1. The van der Waals surface area contributed by atoms with Crippen molar-refractivity contribution >= 4 is 39.4 Å². The fourth-order valence-electron chi connectivity index (χ4n) is 4.12. The van der Waals surface area contributed by atoms with Crippen LogP contribution in [0.5, 0.6) is 5.75 Å². The van der Waals surface area contributed by atoms with Crippen molar-refractivity contribution in [1.82, 2.24) is 9.99 Å². The zero-order chi connectivity index (χ0) is 28.2. The summed E-state index contributed by atoms with van der Waals surface area (Å²) in [5.41, 5.74) is 5.73. The van der Waals surface area contributed by atoms with Crippen LogP contribution in [0.1, 0.15) is 17.0 Å². The van der Waals surface area contributed by atoms with Gasteiger partial charge in [-0.1, -0.05) is 29.8 Å². The molecule has 0 saturated carbocycles. The number of nitrogens with zero attached hydrogens (tertiary/aromatic N) is 3. The number of aryl methyl sites for hydroxylation is 1. The number of ether oxygens (including phenoxy) is 1. The van der Waals surface area contributed by atoms with Gasteiger partial charge in [-0.15, -0.1) is 0 Å². The third-order valence-electron chi connectivity index (χ3n) is 5.98. The van der Waals surface area contributed by atoms with Gasteiger partial charge in [-0.05, 0) is 74.5 Å². The van der Waals surface area contributed by atoms with Crippen molar-refractivity contribution in [2.45, 2.75) is 18.7 Å². The summed E-state index contributed by atoms with van der Waals surface area (Å²) in [6.45, 7) is 3.19. The molecule has 0 saturated heterocycles. The van der Waals surface area contributed by atoms with Gasteiger partial charge in [-0.25, -0.2) is 18.2 Å². The highest BCUT2D eigenvalue weighted by atomic mass is 35.5. The van der Waals surface area contributed by atoms with Crippen LogP contribution < -0.4 is 14.5 Å². The minimum absolute atomic E-state index is 0.00318. The predicted octanol–water partition coefficient (Wildman–Crippen LogP) is 5.24. The fourth-order valence-corrected chi connectivity index (χ4v) is 5.73. The Labute approximate surface area is 231 Å². The Hall–Kier alpha value is -4.15. The predicted molar refractivity (Wildman–Crippen MR) is 150 cm³/mol. The molecule has 0 fully saturated rings. The van der Waals surface area contributed by atoms with E-state index in [0.717, 1.165) is 26.9 Å². The van der Waals surface area contributed by atoms with Crippen LogP contribution >= 0.6 is 11.6 Å². The second-order valence-corrected chi connectivity index (χ2v) is 10.9. The molecule has 202 valence electrons. The van der Waals surface area contributed by atoms with Crippen LogP contribution in [0.25, 0.3) is 5.69 Å². The molecule has 1 N–H and O–H groups in total. The van der Waals surface area contributed by atoms with Gasteiger partial charge in [0.2, 0.25) is 0 Å². The summed E-state index contributed by atoms with van der Waals surface area (Å²) in [5, 5.41) is 4.32. The summed E-state index contributed by atoms with van der Waals surface area (Å²) in [7, 11) is -2.77. The molecule has 3 aromatic carbocycles. The SMILES string of the molecule is COc1ccc(Cl)cc1N(CC(=O)N/N=C/c1cc(C)n(-c2ccc(F)cc2)c1C)S(=O)(=O)c1ccccc1. The highest BCUT2D eigenvalue weighted by Crippen LogP contribution is 2.34. The van der Waals surface area contributed by atoms with Gasteiger partial charge in [0.25, 0.3) is 15.9 Å². The molecule has 4 rings (SSSR count). The number of amides is 1. The average molecular weight is 569 g/mol. The molecule has 11 heteroatoms. The molecule has 1 heterocycles. The summed E-state index contributed by atoms with van der Waals surface area (Å²) in [6, 6.07) is 20.2. The third-order valence-corrected chi connectivity index (χ3v) is 7.99. The van der Waals surface area contributed by atoms with Crippen LogP contribution in [-0.2, 0) is 14.8 Å². The van der Waals surface area contributed by atoms with Crippen LogP contribution in [0.2, 0.25) is 5.02 Å². The van der Waals surface area contributed by atoms with E-state index >= 15 is 0 Å². The molecule has 0 atom stereocenters. The van der Waals surface area contributed by atoms with Crippen molar-refractivity contribution in [2.75, 3.05) is 18.0 Å². The Kier molecular flexibility index (Phi) is 8.37. The van der Waals surface area contributed by atoms with Crippen molar-refractivity contribution in [2.24, 2.45) is 5.10 Å². The van der Waals surface area contributed by atoms with Gasteiger partial charge in [0.1, 0.15) is 18.1 Å². The molecule has 39 heavy (non-hydrogen) atoms. The summed E-state index contributed by atoms with van der Waals surface area (Å²) < 4.78 is 48.7. The van der Waals surface area contributed by atoms with Gasteiger partial charge >= 0.3 is 0 Å². The number of benzene rings is 3. The lowest BCUT2D eigenvalue weighted by molar-refractivity contribution is -0.119. The maximum absolute atomic E-state index is 13.6. The Morgan fingerprint density at radius 1 is 1.08 bits per heavy atom. The van der Waals surface area contributed by atoms with Gasteiger partial charge < -0.3 is 9.30 Å². The Balaban J connectivity index is 1.59. The molecule has 1 aromatic heterocycles. The van der Waals surface area contributed by atoms with Crippen LogP contribution in [0, 0.1) is 19.7 Å². The molecular weight excluding hydrogens is 543 g/mol. The number of carbonyl (C=O) groups is 1.